The lowest BCUT2D eigenvalue weighted by Crippen LogP contribution is -2.00. The minimum Gasteiger partial charge on any atom is -0.466 e. The largest absolute Gasteiger partial charge is 0.530 e. The van der Waals surface area contributed by atoms with E-state index in [0.29, 0.717) is 5.56 Å². The maximum Gasteiger partial charge on any atom is 0.530 e. The molecule has 0 spiro atoms. The molecule has 1 aromatic rings. The van der Waals surface area contributed by atoms with Crippen LogP contribution in [0.15, 0.2) is 48.6 Å². The van der Waals surface area contributed by atoms with Gasteiger partial charge in [-0.1, -0.05) is 36.4 Å². The molecular formula is C16H21O6P. The second-order valence-corrected chi connectivity index (χ2v) is 5.75. The van der Waals surface area contributed by atoms with Crippen LogP contribution in [0, 0.1) is 0 Å². The van der Waals surface area contributed by atoms with Gasteiger partial charge in [0, 0.05) is 11.6 Å². The number of phosphoric acid groups is 1. The SMILES string of the molecule is CCOP(=O)(OCC)O/C(=C\C=C\C(=O)OC)c1ccccc1. The normalized spacial score (nSPS) is 12.4. The molecule has 0 aliphatic rings. The third-order valence-corrected chi connectivity index (χ3v) is 4.09. The molecule has 0 fully saturated rings. The molecule has 0 N–H and O–H groups in total. The minimum absolute atomic E-state index is 0.178. The summed E-state index contributed by atoms with van der Waals surface area (Å²) in [5.74, 6) is -0.248. The van der Waals surface area contributed by atoms with Gasteiger partial charge in [-0.15, -0.1) is 0 Å². The van der Waals surface area contributed by atoms with Crippen molar-refractivity contribution in [2.75, 3.05) is 20.3 Å². The molecule has 126 valence electrons. The Morgan fingerprint density at radius 2 is 1.74 bits per heavy atom. The van der Waals surface area contributed by atoms with Crippen molar-refractivity contribution in [3.8, 4) is 0 Å². The van der Waals surface area contributed by atoms with Gasteiger partial charge in [-0.25, -0.2) is 9.36 Å². The van der Waals surface area contributed by atoms with Gasteiger partial charge >= 0.3 is 13.8 Å². The number of esters is 1. The zero-order chi connectivity index (χ0) is 17.1. The number of rotatable bonds is 9. The van der Waals surface area contributed by atoms with E-state index in [1.807, 2.05) is 18.2 Å². The van der Waals surface area contributed by atoms with Crippen LogP contribution in [0.25, 0.3) is 5.76 Å². The van der Waals surface area contributed by atoms with Crippen LogP contribution in [-0.2, 0) is 27.7 Å². The molecule has 0 bridgehead atoms. The molecule has 0 atom stereocenters. The quantitative estimate of drug-likeness (QED) is 0.223. The van der Waals surface area contributed by atoms with Gasteiger partial charge in [0.25, 0.3) is 0 Å². The molecule has 23 heavy (non-hydrogen) atoms. The Morgan fingerprint density at radius 3 is 2.26 bits per heavy atom. The highest BCUT2D eigenvalue weighted by Crippen LogP contribution is 2.52. The summed E-state index contributed by atoms with van der Waals surface area (Å²) >= 11 is 0. The standard InChI is InChI=1S/C16H21O6P/c1-4-20-23(18,21-5-2)22-15(12-9-13-16(17)19-3)14-10-7-6-8-11-14/h6-13H,4-5H2,1-3H3/b13-9+,15-12-. The van der Waals surface area contributed by atoms with Crippen LogP contribution >= 0.6 is 7.82 Å². The summed E-state index contributed by atoms with van der Waals surface area (Å²) in [4.78, 5) is 11.1. The first-order valence-corrected chi connectivity index (χ1v) is 8.61. The number of carbonyl (C=O) groups excluding carboxylic acids is 1. The molecule has 0 unspecified atom stereocenters. The Kier molecular flexibility index (Phi) is 8.33. The molecule has 0 saturated carbocycles. The fourth-order valence-electron chi connectivity index (χ4n) is 1.59. The number of ether oxygens (including phenoxy) is 1. The molecule has 0 aliphatic heterocycles. The van der Waals surface area contributed by atoms with E-state index in [9.17, 15) is 9.36 Å². The topological polar surface area (TPSA) is 71.1 Å². The maximum atomic E-state index is 12.5. The molecule has 0 amide bonds. The first kappa shape index (κ1) is 19.2. The molecule has 7 heteroatoms. The highest BCUT2D eigenvalue weighted by molar-refractivity contribution is 7.48. The van der Waals surface area contributed by atoms with Gasteiger partial charge in [0.05, 0.1) is 20.3 Å². The first-order chi connectivity index (χ1) is 11.0. The number of allylic oxidation sites excluding steroid dienone is 2. The van der Waals surface area contributed by atoms with Gasteiger partial charge in [-0.3, -0.25) is 9.05 Å². The predicted molar refractivity (Wildman–Crippen MR) is 87.5 cm³/mol. The van der Waals surface area contributed by atoms with E-state index in [1.54, 1.807) is 26.0 Å². The van der Waals surface area contributed by atoms with Crippen molar-refractivity contribution in [1.82, 2.24) is 0 Å². The average molecular weight is 340 g/mol. The van der Waals surface area contributed by atoms with Crippen LogP contribution in [0.4, 0.5) is 0 Å². The molecule has 1 rings (SSSR count). The van der Waals surface area contributed by atoms with Crippen molar-refractivity contribution in [2.24, 2.45) is 0 Å². The van der Waals surface area contributed by atoms with Crippen molar-refractivity contribution in [2.45, 2.75) is 13.8 Å². The van der Waals surface area contributed by atoms with Gasteiger partial charge in [0.1, 0.15) is 5.76 Å². The average Bonchev–Trinajstić information content (AvgIpc) is 2.55. The number of hydrogen-bond acceptors (Lipinski definition) is 6. The predicted octanol–water partition coefficient (Wildman–Crippen LogP) is 3.95. The van der Waals surface area contributed by atoms with Gasteiger partial charge in [0.2, 0.25) is 0 Å². The Morgan fingerprint density at radius 1 is 1.13 bits per heavy atom. The molecule has 0 heterocycles. The van der Waals surface area contributed by atoms with Crippen LogP contribution in [0.5, 0.6) is 0 Å². The fourth-order valence-corrected chi connectivity index (χ4v) is 2.81. The Balaban J connectivity index is 3.09. The van der Waals surface area contributed by atoms with Gasteiger partial charge in [-0.05, 0) is 19.9 Å². The van der Waals surface area contributed by atoms with E-state index in [2.05, 4.69) is 4.74 Å². The Hall–Kier alpha value is -1.88. The highest BCUT2D eigenvalue weighted by Gasteiger charge is 2.28. The number of hydrogen-bond donors (Lipinski definition) is 0. The zero-order valence-electron chi connectivity index (χ0n) is 13.4. The molecule has 0 radical (unpaired) electrons. The molecule has 0 aromatic heterocycles. The van der Waals surface area contributed by atoms with Gasteiger partial charge in [0.15, 0.2) is 0 Å². The number of methoxy groups -OCH3 is 1. The lowest BCUT2D eigenvalue weighted by atomic mass is 10.2. The van der Waals surface area contributed by atoms with Gasteiger partial charge in [-0.2, -0.15) is 0 Å². The molecule has 6 nitrogen and oxygen atoms in total. The van der Waals surface area contributed by atoms with Crippen LogP contribution < -0.4 is 0 Å². The Labute approximate surface area is 136 Å². The summed E-state index contributed by atoms with van der Waals surface area (Å²) in [5, 5.41) is 0. The van der Waals surface area contributed by atoms with E-state index in [4.69, 9.17) is 13.6 Å². The minimum atomic E-state index is -3.73. The number of benzene rings is 1. The number of phosphoric ester groups is 1. The van der Waals surface area contributed by atoms with E-state index >= 15 is 0 Å². The molecule has 1 aromatic carbocycles. The van der Waals surface area contributed by atoms with Gasteiger partial charge < -0.3 is 9.26 Å². The summed E-state index contributed by atoms with van der Waals surface area (Å²) in [6.07, 6.45) is 4.16. The van der Waals surface area contributed by atoms with E-state index in [0.717, 1.165) is 0 Å². The smallest absolute Gasteiger partial charge is 0.466 e. The summed E-state index contributed by atoms with van der Waals surface area (Å²) in [6, 6.07) is 9.02. The second-order valence-electron chi connectivity index (χ2n) is 4.15. The second kappa shape index (κ2) is 10.0. The fraction of sp³-hybridized carbons (Fsp3) is 0.312. The monoisotopic (exact) mass is 340 g/mol. The van der Waals surface area contributed by atoms with Crippen LogP contribution in [0.1, 0.15) is 19.4 Å². The molecule has 0 saturated heterocycles. The summed E-state index contributed by atoms with van der Waals surface area (Å²) in [5.41, 5.74) is 0.668. The van der Waals surface area contributed by atoms with Crippen molar-refractivity contribution in [3.63, 3.8) is 0 Å². The van der Waals surface area contributed by atoms with Crippen molar-refractivity contribution in [1.29, 1.82) is 0 Å². The highest BCUT2D eigenvalue weighted by atomic mass is 31.2. The van der Waals surface area contributed by atoms with Crippen molar-refractivity contribution < 1.29 is 27.7 Å². The lowest BCUT2D eigenvalue weighted by Gasteiger charge is -2.19. The van der Waals surface area contributed by atoms with E-state index in [-0.39, 0.29) is 19.0 Å². The molecule has 0 aliphatic carbocycles. The lowest BCUT2D eigenvalue weighted by molar-refractivity contribution is -0.134. The first-order valence-electron chi connectivity index (χ1n) is 7.15. The third kappa shape index (κ3) is 6.82. The molecular weight excluding hydrogens is 319 g/mol. The van der Waals surface area contributed by atoms with Crippen LogP contribution in [0.3, 0.4) is 0 Å². The summed E-state index contributed by atoms with van der Waals surface area (Å²) in [7, 11) is -2.45. The zero-order valence-corrected chi connectivity index (χ0v) is 14.3. The van der Waals surface area contributed by atoms with Crippen molar-refractivity contribution >= 4 is 19.6 Å². The van der Waals surface area contributed by atoms with E-state index < -0.39 is 13.8 Å². The third-order valence-electron chi connectivity index (χ3n) is 2.52. The van der Waals surface area contributed by atoms with Crippen LogP contribution in [0.2, 0.25) is 0 Å². The number of carbonyl (C=O) groups is 1. The Bertz CT molecular complexity index is 584. The summed E-state index contributed by atoms with van der Waals surface area (Å²) in [6.45, 7) is 3.74. The maximum absolute atomic E-state index is 12.5. The van der Waals surface area contributed by atoms with E-state index in [1.165, 1.54) is 25.3 Å². The van der Waals surface area contributed by atoms with Crippen molar-refractivity contribution in [3.05, 3.63) is 54.1 Å². The summed E-state index contributed by atoms with van der Waals surface area (Å²) < 4.78 is 32.8. The van der Waals surface area contributed by atoms with Crippen LogP contribution in [-0.4, -0.2) is 26.3 Å².